The van der Waals surface area contributed by atoms with E-state index in [1.807, 2.05) is 0 Å². The summed E-state index contributed by atoms with van der Waals surface area (Å²) < 4.78 is 4.92. The summed E-state index contributed by atoms with van der Waals surface area (Å²) >= 11 is 0. The molecule has 1 aliphatic heterocycles. The third kappa shape index (κ3) is 3.73. The second kappa shape index (κ2) is 6.18. The summed E-state index contributed by atoms with van der Waals surface area (Å²) in [5.41, 5.74) is 0. The monoisotopic (exact) mass is 231 g/mol. The van der Waals surface area contributed by atoms with Crippen molar-refractivity contribution < 1.29 is 19.7 Å². The summed E-state index contributed by atoms with van der Waals surface area (Å²) in [5.74, 6) is -1.00. The highest BCUT2D eigenvalue weighted by atomic mass is 16.5. The minimum Gasteiger partial charge on any atom is -0.480 e. The lowest BCUT2D eigenvalue weighted by Crippen LogP contribution is -2.44. The molecular weight excluding hydrogens is 210 g/mol. The van der Waals surface area contributed by atoms with E-state index in [0.717, 1.165) is 19.4 Å². The molecule has 1 fully saturated rings. The van der Waals surface area contributed by atoms with E-state index in [-0.39, 0.29) is 19.3 Å². The Balaban J connectivity index is 2.34. The largest absolute Gasteiger partial charge is 0.480 e. The third-order valence-corrected chi connectivity index (χ3v) is 2.96. The number of carbonyl (C=O) groups is 1. The highest BCUT2D eigenvalue weighted by Crippen LogP contribution is 2.22. The molecule has 0 unspecified atom stereocenters. The van der Waals surface area contributed by atoms with Gasteiger partial charge in [-0.15, -0.1) is 0 Å². The van der Waals surface area contributed by atoms with Gasteiger partial charge in [0, 0.05) is 12.1 Å². The number of rotatable bonds is 6. The summed E-state index contributed by atoms with van der Waals surface area (Å²) in [7, 11) is 0. The van der Waals surface area contributed by atoms with Crippen molar-refractivity contribution in [2.45, 2.75) is 44.9 Å². The van der Waals surface area contributed by atoms with Crippen molar-refractivity contribution in [1.29, 1.82) is 0 Å². The Morgan fingerprint density at radius 3 is 2.81 bits per heavy atom. The Kier molecular flexibility index (Phi) is 5.18. The first-order valence-corrected chi connectivity index (χ1v) is 5.75. The molecular formula is C11H21NO4. The minimum absolute atomic E-state index is 0.0974. The molecule has 1 rings (SSSR count). The lowest BCUT2D eigenvalue weighted by atomic mass is 10.1. The molecule has 0 aliphatic carbocycles. The van der Waals surface area contributed by atoms with Crippen LogP contribution in [-0.4, -0.2) is 59.0 Å². The lowest BCUT2D eigenvalue weighted by molar-refractivity contribution is -0.143. The van der Waals surface area contributed by atoms with E-state index in [0.29, 0.717) is 6.04 Å². The number of nitrogens with zero attached hydrogens (tertiary/aromatic N) is 1. The quantitative estimate of drug-likeness (QED) is 0.689. The third-order valence-electron chi connectivity index (χ3n) is 2.96. The van der Waals surface area contributed by atoms with Gasteiger partial charge < -0.3 is 14.9 Å². The SMILES string of the molecule is CC(C)N1CCC[C@H]1[C@H](O)COCC(=O)O. The molecule has 2 atom stereocenters. The number of carboxylic acids is 1. The maximum atomic E-state index is 10.3. The van der Waals surface area contributed by atoms with E-state index < -0.39 is 12.1 Å². The summed E-state index contributed by atoms with van der Waals surface area (Å²) in [4.78, 5) is 12.5. The zero-order valence-electron chi connectivity index (χ0n) is 9.93. The van der Waals surface area contributed by atoms with E-state index >= 15 is 0 Å². The van der Waals surface area contributed by atoms with Crippen LogP contribution in [0.15, 0.2) is 0 Å². The van der Waals surface area contributed by atoms with Crippen LogP contribution >= 0.6 is 0 Å². The molecule has 1 aliphatic rings. The fraction of sp³-hybridized carbons (Fsp3) is 0.909. The molecule has 0 radical (unpaired) electrons. The predicted molar refractivity (Wildman–Crippen MR) is 59.3 cm³/mol. The van der Waals surface area contributed by atoms with Crippen LogP contribution in [0, 0.1) is 0 Å². The molecule has 0 aromatic rings. The van der Waals surface area contributed by atoms with Gasteiger partial charge >= 0.3 is 5.97 Å². The molecule has 5 nitrogen and oxygen atoms in total. The molecule has 1 saturated heterocycles. The molecule has 0 amide bonds. The van der Waals surface area contributed by atoms with Crippen LogP contribution in [-0.2, 0) is 9.53 Å². The molecule has 16 heavy (non-hydrogen) atoms. The molecule has 0 spiro atoms. The van der Waals surface area contributed by atoms with Gasteiger partial charge in [0.05, 0.1) is 12.7 Å². The fourth-order valence-corrected chi connectivity index (χ4v) is 2.25. The average Bonchev–Trinajstić information content (AvgIpc) is 2.65. The molecule has 94 valence electrons. The van der Waals surface area contributed by atoms with Crippen molar-refractivity contribution >= 4 is 5.97 Å². The van der Waals surface area contributed by atoms with Gasteiger partial charge in [-0.05, 0) is 33.2 Å². The van der Waals surface area contributed by atoms with E-state index in [9.17, 15) is 9.90 Å². The number of hydrogen-bond donors (Lipinski definition) is 2. The highest BCUT2D eigenvalue weighted by molar-refractivity contribution is 5.67. The summed E-state index contributed by atoms with van der Waals surface area (Å²) in [6, 6.07) is 0.510. The minimum atomic E-state index is -1.00. The Hall–Kier alpha value is -0.650. The van der Waals surface area contributed by atoms with Gasteiger partial charge in [-0.1, -0.05) is 0 Å². The number of aliphatic hydroxyl groups is 1. The van der Waals surface area contributed by atoms with Crippen molar-refractivity contribution in [3.8, 4) is 0 Å². The van der Waals surface area contributed by atoms with Gasteiger partial charge in [0.15, 0.2) is 0 Å². The zero-order valence-corrected chi connectivity index (χ0v) is 9.93. The standard InChI is InChI=1S/C11H21NO4/c1-8(2)12-5-3-4-9(12)10(13)6-16-7-11(14)15/h8-10,13H,3-7H2,1-2H3,(H,14,15)/t9-,10+/m0/s1. The van der Waals surface area contributed by atoms with Gasteiger partial charge in [-0.2, -0.15) is 0 Å². The normalized spacial score (nSPS) is 23.9. The summed E-state index contributed by atoms with van der Waals surface area (Å²) in [5, 5.41) is 18.3. The summed E-state index contributed by atoms with van der Waals surface area (Å²) in [6.07, 6.45) is 1.44. The maximum absolute atomic E-state index is 10.3. The first-order chi connectivity index (χ1) is 7.52. The molecule has 1 heterocycles. The Morgan fingerprint density at radius 1 is 1.56 bits per heavy atom. The Bertz CT molecular complexity index is 232. The van der Waals surface area contributed by atoms with Crippen molar-refractivity contribution in [1.82, 2.24) is 4.90 Å². The second-order valence-corrected chi connectivity index (χ2v) is 4.52. The van der Waals surface area contributed by atoms with Crippen LogP contribution in [0.5, 0.6) is 0 Å². The second-order valence-electron chi connectivity index (χ2n) is 4.52. The van der Waals surface area contributed by atoms with Gasteiger partial charge in [0.25, 0.3) is 0 Å². The van der Waals surface area contributed by atoms with Crippen molar-refractivity contribution in [2.24, 2.45) is 0 Å². The maximum Gasteiger partial charge on any atom is 0.329 e. The van der Waals surface area contributed by atoms with Crippen molar-refractivity contribution in [3.63, 3.8) is 0 Å². The number of ether oxygens (including phenoxy) is 1. The van der Waals surface area contributed by atoms with E-state index in [2.05, 4.69) is 18.7 Å². The van der Waals surface area contributed by atoms with Crippen LogP contribution < -0.4 is 0 Å². The van der Waals surface area contributed by atoms with Gasteiger partial charge in [0.1, 0.15) is 6.61 Å². The van der Waals surface area contributed by atoms with Crippen molar-refractivity contribution in [2.75, 3.05) is 19.8 Å². The lowest BCUT2D eigenvalue weighted by Gasteiger charge is -2.31. The fourth-order valence-electron chi connectivity index (χ4n) is 2.25. The van der Waals surface area contributed by atoms with Crippen LogP contribution in [0.2, 0.25) is 0 Å². The molecule has 0 saturated carbocycles. The number of aliphatic hydroxyl groups excluding tert-OH is 1. The Labute approximate surface area is 96.0 Å². The predicted octanol–water partition coefficient (Wildman–Crippen LogP) is 0.321. The molecule has 2 N–H and O–H groups in total. The first-order valence-electron chi connectivity index (χ1n) is 5.75. The first kappa shape index (κ1) is 13.4. The van der Waals surface area contributed by atoms with Crippen LogP contribution in [0.3, 0.4) is 0 Å². The average molecular weight is 231 g/mol. The van der Waals surface area contributed by atoms with Crippen LogP contribution in [0.4, 0.5) is 0 Å². The molecule has 0 bridgehead atoms. The van der Waals surface area contributed by atoms with Crippen LogP contribution in [0.1, 0.15) is 26.7 Å². The van der Waals surface area contributed by atoms with Crippen molar-refractivity contribution in [3.05, 3.63) is 0 Å². The highest BCUT2D eigenvalue weighted by Gasteiger charge is 2.32. The van der Waals surface area contributed by atoms with Gasteiger partial charge in [-0.25, -0.2) is 4.79 Å². The smallest absolute Gasteiger partial charge is 0.329 e. The molecule has 5 heteroatoms. The Morgan fingerprint density at radius 2 is 2.25 bits per heavy atom. The zero-order chi connectivity index (χ0) is 12.1. The van der Waals surface area contributed by atoms with E-state index in [1.54, 1.807) is 0 Å². The number of aliphatic carboxylic acids is 1. The van der Waals surface area contributed by atoms with Gasteiger partial charge in [-0.3, -0.25) is 4.90 Å². The number of hydrogen-bond acceptors (Lipinski definition) is 4. The number of carboxylic acid groups (broad SMARTS) is 1. The van der Waals surface area contributed by atoms with Gasteiger partial charge in [0.2, 0.25) is 0 Å². The topological polar surface area (TPSA) is 70.0 Å². The molecule has 0 aromatic heterocycles. The molecule has 0 aromatic carbocycles. The van der Waals surface area contributed by atoms with Crippen LogP contribution in [0.25, 0.3) is 0 Å². The number of likely N-dealkylation sites (tertiary alicyclic amines) is 1. The van der Waals surface area contributed by atoms with E-state index in [4.69, 9.17) is 9.84 Å². The summed E-state index contributed by atoms with van der Waals surface area (Å²) in [6.45, 7) is 4.95. The van der Waals surface area contributed by atoms with E-state index in [1.165, 1.54) is 0 Å².